The van der Waals surface area contributed by atoms with Crippen LogP contribution in [0.25, 0.3) is 11.1 Å². The molecule has 22 heavy (non-hydrogen) atoms. The summed E-state index contributed by atoms with van der Waals surface area (Å²) < 4.78 is 5.61. The summed E-state index contributed by atoms with van der Waals surface area (Å²) in [7, 11) is 0. The van der Waals surface area contributed by atoms with E-state index in [1.807, 2.05) is 30.9 Å². The Balaban J connectivity index is 2.61. The molecule has 0 saturated carbocycles. The van der Waals surface area contributed by atoms with Crippen LogP contribution < -0.4 is 16.4 Å². The summed E-state index contributed by atoms with van der Waals surface area (Å²) in [6.45, 7) is 4.47. The molecule has 0 aliphatic rings. The molecule has 2 aromatic rings. The molecule has 6 heteroatoms. The zero-order valence-corrected chi connectivity index (χ0v) is 13.0. The van der Waals surface area contributed by atoms with Crippen LogP contribution in [0.2, 0.25) is 0 Å². The van der Waals surface area contributed by atoms with Crippen LogP contribution in [0.3, 0.4) is 0 Å². The van der Waals surface area contributed by atoms with E-state index in [9.17, 15) is 10.2 Å². The highest BCUT2D eigenvalue weighted by atomic mass is 16.3. The maximum atomic E-state index is 9.26. The Morgan fingerprint density at radius 3 is 2.18 bits per heavy atom. The number of aliphatic hydroxyl groups excluding tert-OH is 2. The predicted octanol–water partition coefficient (Wildman–Crippen LogP) is 1.52. The van der Waals surface area contributed by atoms with Crippen LogP contribution in [0.1, 0.15) is 11.5 Å². The maximum Gasteiger partial charge on any atom is 0.124 e. The van der Waals surface area contributed by atoms with Crippen molar-refractivity contribution < 1.29 is 14.6 Å². The van der Waals surface area contributed by atoms with Gasteiger partial charge in [0.05, 0.1) is 18.9 Å². The molecule has 0 bridgehead atoms. The van der Waals surface area contributed by atoms with Gasteiger partial charge in [0, 0.05) is 35.6 Å². The van der Waals surface area contributed by atoms with Crippen LogP contribution in [-0.2, 0) is 0 Å². The average Bonchev–Trinajstić information content (AvgIpc) is 2.72. The van der Waals surface area contributed by atoms with Crippen LogP contribution >= 0.6 is 0 Å². The number of nitrogens with two attached hydrogens (primary N) is 2. The van der Waals surface area contributed by atoms with Gasteiger partial charge in [-0.3, -0.25) is 0 Å². The maximum absolute atomic E-state index is 9.26. The first kappa shape index (κ1) is 16.2. The molecule has 0 fully saturated rings. The van der Waals surface area contributed by atoms with Crippen molar-refractivity contribution >= 4 is 17.1 Å². The first-order chi connectivity index (χ1) is 10.5. The van der Waals surface area contributed by atoms with Crippen LogP contribution in [0.15, 0.2) is 22.6 Å². The summed E-state index contributed by atoms with van der Waals surface area (Å²) in [4.78, 5) is 1.90. The van der Waals surface area contributed by atoms with E-state index in [0.29, 0.717) is 30.2 Å². The zero-order valence-electron chi connectivity index (χ0n) is 13.0. The highest BCUT2D eigenvalue weighted by Crippen LogP contribution is 2.40. The summed E-state index contributed by atoms with van der Waals surface area (Å²) in [6, 6.07) is 5.50. The van der Waals surface area contributed by atoms with E-state index < -0.39 is 0 Å². The number of aliphatic hydroxyl groups is 2. The van der Waals surface area contributed by atoms with Gasteiger partial charge in [0.15, 0.2) is 0 Å². The fourth-order valence-electron chi connectivity index (χ4n) is 2.66. The SMILES string of the molecule is Cc1oc(C)c(-c2cc(N)ccc2N(CCO)CCO)c1N. The van der Waals surface area contributed by atoms with Gasteiger partial charge < -0.3 is 31.0 Å². The number of rotatable bonds is 6. The molecule has 120 valence electrons. The van der Waals surface area contributed by atoms with Gasteiger partial charge >= 0.3 is 0 Å². The van der Waals surface area contributed by atoms with E-state index in [-0.39, 0.29) is 13.2 Å². The van der Waals surface area contributed by atoms with Crippen molar-refractivity contribution in [3.63, 3.8) is 0 Å². The first-order valence-electron chi connectivity index (χ1n) is 7.21. The quantitative estimate of drug-likeness (QED) is 0.603. The van der Waals surface area contributed by atoms with Crippen LogP contribution in [-0.4, -0.2) is 36.5 Å². The third-order valence-corrected chi connectivity index (χ3v) is 3.68. The molecule has 0 spiro atoms. The van der Waals surface area contributed by atoms with Gasteiger partial charge in [0.1, 0.15) is 11.5 Å². The molecular formula is C16H23N3O3. The number of nitrogen functional groups attached to an aromatic ring is 2. The largest absolute Gasteiger partial charge is 0.464 e. The number of nitrogens with zero attached hydrogens (tertiary/aromatic N) is 1. The lowest BCUT2D eigenvalue weighted by atomic mass is 10.0. The van der Waals surface area contributed by atoms with Crippen molar-refractivity contribution in [2.45, 2.75) is 13.8 Å². The zero-order chi connectivity index (χ0) is 16.3. The van der Waals surface area contributed by atoms with Crippen LogP contribution in [0, 0.1) is 13.8 Å². The molecule has 0 aliphatic carbocycles. The number of hydrogen-bond acceptors (Lipinski definition) is 6. The molecule has 6 N–H and O–H groups in total. The Hall–Kier alpha value is -2.18. The van der Waals surface area contributed by atoms with Gasteiger partial charge in [-0.25, -0.2) is 0 Å². The Kier molecular flexibility index (Phi) is 4.95. The third-order valence-electron chi connectivity index (χ3n) is 3.68. The molecule has 1 aromatic heterocycles. The molecule has 1 heterocycles. The fraction of sp³-hybridized carbons (Fsp3) is 0.375. The third kappa shape index (κ3) is 3.03. The lowest BCUT2D eigenvalue weighted by Crippen LogP contribution is -2.30. The van der Waals surface area contributed by atoms with Gasteiger partial charge in [0.2, 0.25) is 0 Å². The minimum Gasteiger partial charge on any atom is -0.464 e. The molecule has 0 saturated heterocycles. The topological polar surface area (TPSA) is 109 Å². The van der Waals surface area contributed by atoms with Crippen LogP contribution in [0.5, 0.6) is 0 Å². The molecule has 0 radical (unpaired) electrons. The molecule has 0 unspecified atom stereocenters. The highest BCUT2D eigenvalue weighted by Gasteiger charge is 2.20. The van der Waals surface area contributed by atoms with E-state index in [4.69, 9.17) is 15.9 Å². The Labute approximate surface area is 130 Å². The van der Waals surface area contributed by atoms with Gasteiger partial charge in [-0.05, 0) is 32.0 Å². The summed E-state index contributed by atoms with van der Waals surface area (Å²) in [6.07, 6.45) is 0. The lowest BCUT2D eigenvalue weighted by molar-refractivity contribution is 0.281. The average molecular weight is 305 g/mol. The Morgan fingerprint density at radius 1 is 1.05 bits per heavy atom. The van der Waals surface area contributed by atoms with Crippen molar-refractivity contribution in [2.75, 3.05) is 42.7 Å². The molecule has 6 nitrogen and oxygen atoms in total. The van der Waals surface area contributed by atoms with Gasteiger partial charge in [-0.15, -0.1) is 0 Å². The van der Waals surface area contributed by atoms with Crippen molar-refractivity contribution in [1.29, 1.82) is 0 Å². The summed E-state index contributed by atoms with van der Waals surface area (Å²) in [5.74, 6) is 1.38. The molecular weight excluding hydrogens is 282 g/mol. The molecule has 2 rings (SSSR count). The number of anilines is 3. The van der Waals surface area contributed by atoms with E-state index in [2.05, 4.69) is 0 Å². The number of benzene rings is 1. The van der Waals surface area contributed by atoms with E-state index in [1.54, 1.807) is 6.07 Å². The fourth-order valence-corrected chi connectivity index (χ4v) is 2.66. The first-order valence-corrected chi connectivity index (χ1v) is 7.21. The van der Waals surface area contributed by atoms with E-state index >= 15 is 0 Å². The number of aryl methyl sites for hydroxylation is 2. The summed E-state index contributed by atoms with van der Waals surface area (Å²) in [5, 5.41) is 18.5. The minimum absolute atomic E-state index is 0.0112. The molecule has 0 atom stereocenters. The van der Waals surface area contributed by atoms with Crippen molar-refractivity contribution in [2.24, 2.45) is 0 Å². The molecule has 1 aromatic carbocycles. The normalized spacial score (nSPS) is 10.9. The lowest BCUT2D eigenvalue weighted by Gasteiger charge is -2.26. The summed E-state index contributed by atoms with van der Waals surface area (Å²) in [5.41, 5.74) is 15.8. The van der Waals surface area contributed by atoms with Gasteiger partial charge in [-0.2, -0.15) is 0 Å². The second-order valence-electron chi connectivity index (χ2n) is 5.21. The van der Waals surface area contributed by atoms with Crippen molar-refractivity contribution in [1.82, 2.24) is 0 Å². The minimum atomic E-state index is -0.0112. The Morgan fingerprint density at radius 2 is 1.68 bits per heavy atom. The Bertz CT molecular complexity index is 646. The number of furan rings is 1. The summed E-state index contributed by atoms with van der Waals surface area (Å²) >= 11 is 0. The van der Waals surface area contributed by atoms with Crippen molar-refractivity contribution in [3.8, 4) is 11.1 Å². The molecule has 0 aliphatic heterocycles. The van der Waals surface area contributed by atoms with Gasteiger partial charge in [0.25, 0.3) is 0 Å². The van der Waals surface area contributed by atoms with E-state index in [0.717, 1.165) is 22.6 Å². The monoisotopic (exact) mass is 305 g/mol. The number of hydrogen-bond donors (Lipinski definition) is 4. The second-order valence-corrected chi connectivity index (χ2v) is 5.21. The van der Waals surface area contributed by atoms with Crippen LogP contribution in [0.4, 0.5) is 17.1 Å². The second kappa shape index (κ2) is 6.72. The van der Waals surface area contributed by atoms with Crippen molar-refractivity contribution in [3.05, 3.63) is 29.7 Å². The predicted molar refractivity (Wildman–Crippen MR) is 88.8 cm³/mol. The van der Waals surface area contributed by atoms with E-state index in [1.165, 1.54) is 0 Å². The highest BCUT2D eigenvalue weighted by molar-refractivity contribution is 5.89. The smallest absolute Gasteiger partial charge is 0.124 e. The van der Waals surface area contributed by atoms with Gasteiger partial charge in [-0.1, -0.05) is 0 Å². The standard InChI is InChI=1S/C16H23N3O3/c1-10-15(16(18)11(2)22-10)13-9-12(17)3-4-14(13)19(5-7-20)6-8-21/h3-4,9,20-21H,5-8,17-18H2,1-2H3. The molecule has 0 amide bonds.